The summed E-state index contributed by atoms with van der Waals surface area (Å²) in [5, 5.41) is 1.70. The van der Waals surface area contributed by atoms with Gasteiger partial charge in [0.2, 0.25) is 0 Å². The van der Waals surface area contributed by atoms with Crippen molar-refractivity contribution in [3.63, 3.8) is 0 Å². The van der Waals surface area contributed by atoms with Gasteiger partial charge in [-0.25, -0.2) is 13.2 Å². The van der Waals surface area contributed by atoms with Crippen molar-refractivity contribution < 1.29 is 18.0 Å². The van der Waals surface area contributed by atoms with E-state index in [9.17, 15) is 18.0 Å². The van der Waals surface area contributed by atoms with Gasteiger partial charge in [-0.1, -0.05) is 11.6 Å². The van der Waals surface area contributed by atoms with Crippen LogP contribution in [0.15, 0.2) is 36.4 Å². The summed E-state index contributed by atoms with van der Waals surface area (Å²) in [6.45, 7) is 0.829. The Morgan fingerprint density at radius 1 is 1.04 bits per heavy atom. The van der Waals surface area contributed by atoms with E-state index >= 15 is 0 Å². The number of halogens is 4. The highest BCUT2D eigenvalue weighted by Gasteiger charge is 2.28. The SMILES string of the molecule is O=C(c1ccc(F)c(F)c1F)N1CCC(c2cc3cc(Cl)ccc3[nH]2)CC1. The van der Waals surface area contributed by atoms with E-state index in [1.165, 1.54) is 4.90 Å². The van der Waals surface area contributed by atoms with Crippen LogP contribution in [-0.4, -0.2) is 28.9 Å². The number of aromatic amines is 1. The molecule has 2 aromatic carbocycles. The number of nitrogens with zero attached hydrogens (tertiary/aromatic N) is 1. The highest BCUT2D eigenvalue weighted by Crippen LogP contribution is 2.31. The lowest BCUT2D eigenvalue weighted by Gasteiger charge is -2.31. The first-order chi connectivity index (χ1) is 12.9. The summed E-state index contributed by atoms with van der Waals surface area (Å²) in [7, 11) is 0. The van der Waals surface area contributed by atoms with Gasteiger partial charge in [-0.05, 0) is 49.2 Å². The molecule has 0 saturated carbocycles. The molecule has 0 radical (unpaired) electrons. The molecule has 0 aliphatic carbocycles. The molecule has 3 nitrogen and oxygen atoms in total. The van der Waals surface area contributed by atoms with E-state index in [4.69, 9.17) is 11.6 Å². The first-order valence-corrected chi connectivity index (χ1v) is 9.03. The molecular formula is C20H16ClF3N2O. The van der Waals surface area contributed by atoms with Crippen molar-refractivity contribution in [2.24, 2.45) is 0 Å². The third-order valence-corrected chi connectivity index (χ3v) is 5.33. The molecule has 7 heteroatoms. The molecule has 1 aliphatic heterocycles. The number of carbonyl (C=O) groups is 1. The topological polar surface area (TPSA) is 36.1 Å². The Balaban J connectivity index is 1.48. The minimum atomic E-state index is -1.62. The summed E-state index contributed by atoms with van der Waals surface area (Å²) in [4.78, 5) is 17.3. The summed E-state index contributed by atoms with van der Waals surface area (Å²) in [5.74, 6) is -4.74. The van der Waals surface area contributed by atoms with Gasteiger partial charge in [0.1, 0.15) is 0 Å². The molecule has 1 aliphatic rings. The third kappa shape index (κ3) is 3.30. The predicted octanol–water partition coefficient (Wildman–Crippen LogP) is 5.26. The molecule has 1 amide bonds. The second-order valence-electron chi connectivity index (χ2n) is 6.75. The molecule has 0 spiro atoms. The summed E-state index contributed by atoms with van der Waals surface area (Å²) in [5.41, 5.74) is 1.63. The molecule has 3 aromatic rings. The van der Waals surface area contributed by atoms with E-state index in [-0.39, 0.29) is 5.92 Å². The molecule has 27 heavy (non-hydrogen) atoms. The van der Waals surface area contributed by atoms with Gasteiger partial charge in [0.25, 0.3) is 5.91 Å². The van der Waals surface area contributed by atoms with Gasteiger partial charge >= 0.3 is 0 Å². The van der Waals surface area contributed by atoms with Crippen LogP contribution >= 0.6 is 11.6 Å². The summed E-state index contributed by atoms with van der Waals surface area (Å²) >= 11 is 6.02. The second-order valence-corrected chi connectivity index (χ2v) is 7.18. The van der Waals surface area contributed by atoms with Crippen LogP contribution in [0.25, 0.3) is 10.9 Å². The van der Waals surface area contributed by atoms with Crippen LogP contribution in [0.4, 0.5) is 13.2 Å². The van der Waals surface area contributed by atoms with E-state index in [0.717, 1.165) is 28.7 Å². The zero-order valence-electron chi connectivity index (χ0n) is 14.2. The lowest BCUT2D eigenvalue weighted by Crippen LogP contribution is -2.38. The van der Waals surface area contributed by atoms with E-state index < -0.39 is 28.9 Å². The van der Waals surface area contributed by atoms with Gasteiger partial charge in [0, 0.05) is 40.6 Å². The highest BCUT2D eigenvalue weighted by atomic mass is 35.5. The van der Waals surface area contributed by atoms with Crippen molar-refractivity contribution in [2.45, 2.75) is 18.8 Å². The first-order valence-electron chi connectivity index (χ1n) is 8.65. The average molecular weight is 393 g/mol. The summed E-state index contributed by atoms with van der Waals surface area (Å²) < 4.78 is 40.3. The van der Waals surface area contributed by atoms with Crippen molar-refractivity contribution in [3.8, 4) is 0 Å². The van der Waals surface area contributed by atoms with Gasteiger partial charge < -0.3 is 9.88 Å². The van der Waals surface area contributed by atoms with E-state index in [1.807, 2.05) is 18.2 Å². The fourth-order valence-corrected chi connectivity index (χ4v) is 3.78. The number of nitrogens with one attached hydrogen (secondary N) is 1. The van der Waals surface area contributed by atoms with Crippen molar-refractivity contribution in [3.05, 3.63) is 70.1 Å². The van der Waals surface area contributed by atoms with Crippen molar-refractivity contribution in [2.75, 3.05) is 13.1 Å². The van der Waals surface area contributed by atoms with Crippen LogP contribution in [-0.2, 0) is 0 Å². The zero-order chi connectivity index (χ0) is 19.1. The Morgan fingerprint density at radius 2 is 1.78 bits per heavy atom. The normalized spacial score (nSPS) is 15.5. The zero-order valence-corrected chi connectivity index (χ0v) is 15.0. The molecule has 4 rings (SSSR count). The number of aromatic nitrogens is 1. The average Bonchev–Trinajstić information content (AvgIpc) is 3.09. The number of amides is 1. The number of piperidine rings is 1. The minimum absolute atomic E-state index is 0.232. The predicted molar refractivity (Wildman–Crippen MR) is 97.5 cm³/mol. The number of fused-ring (bicyclic) bond motifs is 1. The van der Waals surface area contributed by atoms with Crippen molar-refractivity contribution in [1.29, 1.82) is 0 Å². The summed E-state index contributed by atoms with van der Waals surface area (Å²) in [6, 6.07) is 9.45. The van der Waals surface area contributed by atoms with E-state index in [0.29, 0.717) is 31.0 Å². The number of benzene rings is 2. The van der Waals surface area contributed by atoms with E-state index in [2.05, 4.69) is 11.1 Å². The molecule has 1 saturated heterocycles. The van der Waals surface area contributed by atoms with Gasteiger partial charge in [0.05, 0.1) is 5.56 Å². The van der Waals surface area contributed by atoms with E-state index in [1.54, 1.807) is 0 Å². The number of rotatable bonds is 2. The standard InChI is InChI=1S/C20H16ClF3N2O/c21-13-1-4-16-12(9-13)10-17(25-16)11-5-7-26(8-6-11)20(27)14-2-3-15(22)19(24)18(14)23/h1-4,9-11,25H,5-8H2. The molecule has 1 N–H and O–H groups in total. The maximum Gasteiger partial charge on any atom is 0.256 e. The smallest absolute Gasteiger partial charge is 0.256 e. The Hall–Kier alpha value is -2.47. The van der Waals surface area contributed by atoms with Gasteiger partial charge in [-0.2, -0.15) is 0 Å². The fraction of sp³-hybridized carbons (Fsp3) is 0.250. The number of carbonyl (C=O) groups excluding carboxylic acids is 1. The lowest BCUT2D eigenvalue weighted by atomic mass is 9.93. The Morgan fingerprint density at radius 3 is 2.52 bits per heavy atom. The Bertz CT molecular complexity index is 1030. The maximum absolute atomic E-state index is 13.9. The van der Waals surface area contributed by atoms with Gasteiger partial charge in [-0.3, -0.25) is 4.79 Å². The van der Waals surface area contributed by atoms with Crippen LogP contribution in [0, 0.1) is 17.5 Å². The number of hydrogen-bond acceptors (Lipinski definition) is 1. The molecule has 140 valence electrons. The van der Waals surface area contributed by atoms with Crippen LogP contribution in [0.3, 0.4) is 0 Å². The maximum atomic E-state index is 13.9. The lowest BCUT2D eigenvalue weighted by molar-refractivity contribution is 0.0706. The summed E-state index contributed by atoms with van der Waals surface area (Å²) in [6.07, 6.45) is 1.38. The van der Waals surface area contributed by atoms with Gasteiger partial charge in [0.15, 0.2) is 17.5 Å². The van der Waals surface area contributed by atoms with Crippen LogP contribution in [0.2, 0.25) is 5.02 Å². The number of H-pyrrole nitrogens is 1. The van der Waals surface area contributed by atoms with Gasteiger partial charge in [-0.15, -0.1) is 0 Å². The molecule has 0 unspecified atom stereocenters. The third-order valence-electron chi connectivity index (χ3n) is 5.09. The van der Waals surface area contributed by atoms with Crippen LogP contribution in [0.5, 0.6) is 0 Å². The Kier molecular flexibility index (Phi) is 4.60. The molecule has 1 aromatic heterocycles. The van der Waals surface area contributed by atoms with Crippen LogP contribution < -0.4 is 0 Å². The molecule has 1 fully saturated rings. The molecule has 0 atom stereocenters. The minimum Gasteiger partial charge on any atom is -0.358 e. The molecular weight excluding hydrogens is 377 g/mol. The quantitative estimate of drug-likeness (QED) is 0.593. The Labute approximate surface area is 158 Å². The largest absolute Gasteiger partial charge is 0.358 e. The number of likely N-dealkylation sites (tertiary alicyclic amines) is 1. The van der Waals surface area contributed by atoms with Crippen molar-refractivity contribution >= 4 is 28.4 Å². The molecule has 0 bridgehead atoms. The first kappa shape index (κ1) is 17.9. The molecule has 2 heterocycles. The highest BCUT2D eigenvalue weighted by molar-refractivity contribution is 6.31. The van der Waals surface area contributed by atoms with Crippen LogP contribution in [0.1, 0.15) is 34.8 Å². The second kappa shape index (κ2) is 6.93. The fourth-order valence-electron chi connectivity index (χ4n) is 3.60. The monoisotopic (exact) mass is 392 g/mol. The van der Waals surface area contributed by atoms with Crippen molar-refractivity contribution in [1.82, 2.24) is 9.88 Å². The number of hydrogen-bond donors (Lipinski definition) is 1.